The SMILES string of the molecule is CC(=O)Oc1cc2c(cc1OC(C)=O)C(=O)C(Br)CC=C2. The number of rotatable bonds is 2. The van der Waals surface area contributed by atoms with Gasteiger partial charge in [-0.2, -0.15) is 0 Å². The van der Waals surface area contributed by atoms with Gasteiger partial charge in [0.25, 0.3) is 0 Å². The van der Waals surface area contributed by atoms with Crippen molar-refractivity contribution in [2.45, 2.75) is 25.1 Å². The summed E-state index contributed by atoms with van der Waals surface area (Å²) < 4.78 is 10.1. The Hall–Kier alpha value is -1.95. The summed E-state index contributed by atoms with van der Waals surface area (Å²) in [6.07, 6.45) is 4.19. The third-order valence-corrected chi connectivity index (χ3v) is 3.60. The number of hydrogen-bond donors (Lipinski definition) is 0. The van der Waals surface area contributed by atoms with Crippen LogP contribution < -0.4 is 9.47 Å². The van der Waals surface area contributed by atoms with Crippen molar-refractivity contribution in [3.63, 3.8) is 0 Å². The summed E-state index contributed by atoms with van der Waals surface area (Å²) in [4.78, 5) is 34.2. The third-order valence-electron chi connectivity index (χ3n) is 2.81. The Morgan fingerprint density at radius 3 is 2.29 bits per heavy atom. The standard InChI is InChI=1S/C15H13BrO5/c1-8(17)20-13-6-10-4-3-5-12(16)15(19)11(10)7-14(13)21-9(2)18/h3-4,6-7,12H,5H2,1-2H3. The van der Waals surface area contributed by atoms with Crippen LogP contribution in [-0.4, -0.2) is 22.5 Å². The molecule has 0 aliphatic heterocycles. The van der Waals surface area contributed by atoms with E-state index in [1.165, 1.54) is 26.0 Å². The number of benzene rings is 1. The van der Waals surface area contributed by atoms with Gasteiger partial charge in [-0.25, -0.2) is 0 Å². The zero-order valence-corrected chi connectivity index (χ0v) is 13.1. The molecule has 6 heteroatoms. The lowest BCUT2D eigenvalue weighted by Crippen LogP contribution is -2.14. The molecule has 0 saturated heterocycles. The molecule has 0 bridgehead atoms. The minimum Gasteiger partial charge on any atom is -0.423 e. The van der Waals surface area contributed by atoms with Gasteiger partial charge in [-0.05, 0) is 24.1 Å². The van der Waals surface area contributed by atoms with Gasteiger partial charge in [0.2, 0.25) is 0 Å². The van der Waals surface area contributed by atoms with Crippen molar-refractivity contribution < 1.29 is 23.9 Å². The third kappa shape index (κ3) is 3.58. The Bertz CT molecular complexity index is 648. The molecular formula is C15H13BrO5. The Morgan fingerprint density at radius 2 is 1.71 bits per heavy atom. The molecule has 0 saturated carbocycles. The molecule has 2 rings (SSSR count). The van der Waals surface area contributed by atoms with Gasteiger partial charge in [-0.15, -0.1) is 0 Å². The van der Waals surface area contributed by atoms with E-state index in [4.69, 9.17) is 9.47 Å². The van der Waals surface area contributed by atoms with E-state index < -0.39 is 11.9 Å². The van der Waals surface area contributed by atoms with Gasteiger partial charge in [-0.3, -0.25) is 14.4 Å². The lowest BCUT2D eigenvalue weighted by molar-refractivity contribution is -0.134. The molecular weight excluding hydrogens is 340 g/mol. The molecule has 1 unspecified atom stereocenters. The monoisotopic (exact) mass is 352 g/mol. The van der Waals surface area contributed by atoms with Crippen molar-refractivity contribution in [2.75, 3.05) is 0 Å². The van der Waals surface area contributed by atoms with Crippen LogP contribution in [0.15, 0.2) is 18.2 Å². The van der Waals surface area contributed by atoms with Gasteiger partial charge >= 0.3 is 11.9 Å². The van der Waals surface area contributed by atoms with E-state index >= 15 is 0 Å². The van der Waals surface area contributed by atoms with Gasteiger partial charge in [0.15, 0.2) is 17.3 Å². The zero-order valence-electron chi connectivity index (χ0n) is 11.5. The second kappa shape index (κ2) is 6.22. The fourth-order valence-electron chi connectivity index (χ4n) is 1.99. The van der Waals surface area contributed by atoms with Crippen LogP contribution in [0.25, 0.3) is 6.08 Å². The Kier molecular flexibility index (Phi) is 4.57. The average Bonchev–Trinajstić information content (AvgIpc) is 2.50. The maximum absolute atomic E-state index is 12.3. The van der Waals surface area contributed by atoms with Crippen molar-refractivity contribution in [1.82, 2.24) is 0 Å². The van der Waals surface area contributed by atoms with E-state index in [2.05, 4.69) is 15.9 Å². The molecule has 0 amide bonds. The van der Waals surface area contributed by atoms with Crippen molar-refractivity contribution in [3.05, 3.63) is 29.3 Å². The number of esters is 2. The molecule has 21 heavy (non-hydrogen) atoms. The molecule has 1 aromatic carbocycles. The molecule has 0 N–H and O–H groups in total. The van der Waals surface area contributed by atoms with Crippen LogP contribution in [-0.2, 0) is 9.59 Å². The fraction of sp³-hybridized carbons (Fsp3) is 0.267. The van der Waals surface area contributed by atoms with Crippen LogP contribution in [0, 0.1) is 0 Å². The van der Waals surface area contributed by atoms with E-state index in [0.717, 1.165) is 0 Å². The molecule has 1 aliphatic carbocycles. The van der Waals surface area contributed by atoms with Crippen molar-refractivity contribution >= 4 is 39.7 Å². The summed E-state index contributed by atoms with van der Waals surface area (Å²) in [6, 6.07) is 2.95. The van der Waals surface area contributed by atoms with Crippen LogP contribution in [0.5, 0.6) is 11.5 Å². The minimum atomic E-state index is -0.560. The molecule has 0 fully saturated rings. The number of ether oxygens (including phenoxy) is 2. The van der Waals surface area contributed by atoms with Gasteiger partial charge in [0, 0.05) is 19.4 Å². The summed E-state index contributed by atoms with van der Waals surface area (Å²) >= 11 is 3.31. The smallest absolute Gasteiger partial charge is 0.308 e. The maximum Gasteiger partial charge on any atom is 0.308 e. The van der Waals surface area contributed by atoms with E-state index in [9.17, 15) is 14.4 Å². The highest BCUT2D eigenvalue weighted by molar-refractivity contribution is 9.10. The number of carbonyl (C=O) groups is 3. The van der Waals surface area contributed by atoms with E-state index in [-0.39, 0.29) is 22.1 Å². The fourth-order valence-corrected chi connectivity index (χ4v) is 2.45. The van der Waals surface area contributed by atoms with Gasteiger partial charge in [-0.1, -0.05) is 28.1 Å². The summed E-state index contributed by atoms with van der Waals surface area (Å²) in [6.45, 7) is 2.48. The number of Topliss-reactive ketones (excluding diaryl/α,β-unsaturated/α-hetero) is 1. The lowest BCUT2D eigenvalue weighted by Gasteiger charge is -2.13. The second-order valence-electron chi connectivity index (χ2n) is 4.54. The highest BCUT2D eigenvalue weighted by Gasteiger charge is 2.24. The van der Waals surface area contributed by atoms with Gasteiger partial charge in [0.1, 0.15) is 0 Å². The molecule has 1 atom stereocenters. The first kappa shape index (κ1) is 15.4. The highest BCUT2D eigenvalue weighted by atomic mass is 79.9. The number of fused-ring (bicyclic) bond motifs is 1. The maximum atomic E-state index is 12.3. The molecule has 0 spiro atoms. The van der Waals surface area contributed by atoms with E-state index in [1.54, 1.807) is 6.08 Å². The number of halogens is 1. The van der Waals surface area contributed by atoms with Crippen molar-refractivity contribution in [2.24, 2.45) is 0 Å². The van der Waals surface area contributed by atoms with E-state index in [0.29, 0.717) is 17.5 Å². The number of alkyl halides is 1. The largest absolute Gasteiger partial charge is 0.423 e. The molecule has 0 aromatic heterocycles. The first-order valence-corrected chi connectivity index (χ1v) is 7.19. The predicted molar refractivity (Wildman–Crippen MR) is 79.8 cm³/mol. The van der Waals surface area contributed by atoms with Crippen LogP contribution in [0.4, 0.5) is 0 Å². The highest BCUT2D eigenvalue weighted by Crippen LogP contribution is 2.35. The van der Waals surface area contributed by atoms with Gasteiger partial charge < -0.3 is 9.47 Å². The Labute approximate surface area is 130 Å². The van der Waals surface area contributed by atoms with Crippen LogP contribution in [0.3, 0.4) is 0 Å². The van der Waals surface area contributed by atoms with Crippen molar-refractivity contribution in [1.29, 1.82) is 0 Å². The van der Waals surface area contributed by atoms with Crippen LogP contribution in [0.1, 0.15) is 36.2 Å². The topological polar surface area (TPSA) is 69.7 Å². The minimum absolute atomic E-state index is 0.0554. The summed E-state index contributed by atoms with van der Waals surface area (Å²) in [7, 11) is 0. The normalized spacial score (nSPS) is 16.9. The molecule has 110 valence electrons. The molecule has 0 heterocycles. The Morgan fingerprint density at radius 1 is 1.14 bits per heavy atom. The molecule has 5 nitrogen and oxygen atoms in total. The first-order valence-electron chi connectivity index (χ1n) is 6.28. The second-order valence-corrected chi connectivity index (χ2v) is 5.65. The van der Waals surface area contributed by atoms with Crippen LogP contribution >= 0.6 is 15.9 Å². The average molecular weight is 353 g/mol. The van der Waals surface area contributed by atoms with E-state index in [1.807, 2.05) is 6.08 Å². The number of allylic oxidation sites excluding steroid dienone is 1. The molecule has 1 aromatic rings. The number of ketones is 1. The Balaban J connectivity index is 2.56. The summed E-state index contributed by atoms with van der Waals surface area (Å²) in [5.74, 6) is -1.04. The van der Waals surface area contributed by atoms with Gasteiger partial charge in [0.05, 0.1) is 4.83 Å². The number of hydrogen-bond acceptors (Lipinski definition) is 5. The quantitative estimate of drug-likeness (QED) is 0.465. The molecule has 1 aliphatic rings. The number of carbonyl (C=O) groups excluding carboxylic acids is 3. The van der Waals surface area contributed by atoms with Crippen molar-refractivity contribution in [3.8, 4) is 11.5 Å². The predicted octanol–water partition coefficient (Wildman–Crippen LogP) is 2.90. The van der Waals surface area contributed by atoms with Crippen LogP contribution in [0.2, 0.25) is 0 Å². The molecule has 0 radical (unpaired) electrons. The zero-order chi connectivity index (χ0) is 15.6. The summed E-state index contributed by atoms with van der Waals surface area (Å²) in [5.41, 5.74) is 1.03. The first-order chi connectivity index (χ1) is 9.88. The lowest BCUT2D eigenvalue weighted by atomic mass is 10.0. The summed E-state index contributed by atoms with van der Waals surface area (Å²) in [5, 5.41) is 0.